The van der Waals surface area contributed by atoms with Crippen molar-refractivity contribution in [3.63, 3.8) is 0 Å². The summed E-state index contributed by atoms with van der Waals surface area (Å²) in [5.41, 5.74) is 0. The predicted octanol–water partition coefficient (Wildman–Crippen LogP) is 0.450. The van der Waals surface area contributed by atoms with E-state index in [-0.39, 0.29) is 0 Å². The Morgan fingerprint density at radius 2 is 1.43 bits per heavy atom. The lowest BCUT2D eigenvalue weighted by atomic mass is 10.7. The fourth-order valence-electron chi connectivity index (χ4n) is 0.253. The standard InChI is InChI=1S/C4H10NS2/c6-3-1-5-2-4-7/h6-7H,1-4H2. The lowest BCUT2D eigenvalue weighted by Crippen LogP contribution is -2.10. The van der Waals surface area contributed by atoms with Gasteiger partial charge in [0, 0.05) is 24.6 Å². The highest BCUT2D eigenvalue weighted by Gasteiger charge is 1.79. The first-order chi connectivity index (χ1) is 3.41. The van der Waals surface area contributed by atoms with Crippen molar-refractivity contribution >= 4 is 25.3 Å². The predicted molar refractivity (Wildman–Crippen MR) is 39.6 cm³/mol. The van der Waals surface area contributed by atoms with Crippen LogP contribution in [0.1, 0.15) is 0 Å². The molecule has 0 spiro atoms. The molecule has 3 heteroatoms. The fraction of sp³-hybridized carbons (Fsp3) is 1.00. The van der Waals surface area contributed by atoms with Crippen LogP contribution in [0.15, 0.2) is 0 Å². The van der Waals surface area contributed by atoms with Crippen LogP contribution in [-0.2, 0) is 0 Å². The number of hydrogen-bond donors (Lipinski definition) is 2. The third-order valence-electron chi connectivity index (χ3n) is 0.516. The van der Waals surface area contributed by atoms with Crippen molar-refractivity contribution in [3.8, 4) is 0 Å². The molecule has 0 heterocycles. The minimum atomic E-state index is 0.855. The summed E-state index contributed by atoms with van der Waals surface area (Å²) in [6.45, 7) is 1.73. The van der Waals surface area contributed by atoms with E-state index >= 15 is 0 Å². The maximum absolute atomic E-state index is 4.06. The second-order valence-electron chi connectivity index (χ2n) is 1.12. The molecule has 0 saturated carbocycles. The summed E-state index contributed by atoms with van der Waals surface area (Å²) in [4.78, 5) is 0. The highest BCUT2D eigenvalue weighted by molar-refractivity contribution is 7.80. The van der Waals surface area contributed by atoms with Gasteiger partial charge in [0.1, 0.15) is 0 Å². The Kier molecular flexibility index (Phi) is 7.29. The van der Waals surface area contributed by atoms with Gasteiger partial charge in [-0.15, -0.1) is 0 Å². The molecule has 0 aliphatic heterocycles. The molecule has 0 bridgehead atoms. The van der Waals surface area contributed by atoms with Crippen LogP contribution in [0.4, 0.5) is 0 Å². The summed E-state index contributed by atoms with van der Waals surface area (Å²) in [6, 6.07) is 0. The van der Waals surface area contributed by atoms with Crippen LogP contribution in [0.5, 0.6) is 0 Å². The van der Waals surface area contributed by atoms with Crippen LogP contribution < -0.4 is 5.32 Å². The van der Waals surface area contributed by atoms with Gasteiger partial charge in [-0.3, -0.25) is 0 Å². The third kappa shape index (κ3) is 6.66. The molecule has 0 atom stereocenters. The van der Waals surface area contributed by atoms with Gasteiger partial charge < -0.3 is 0 Å². The molecular weight excluding hydrogens is 126 g/mol. The molecular formula is C4H10NS2. The van der Waals surface area contributed by atoms with Gasteiger partial charge in [0.2, 0.25) is 0 Å². The molecule has 1 nitrogen and oxygen atoms in total. The van der Waals surface area contributed by atoms with Crippen molar-refractivity contribution in [1.82, 2.24) is 5.32 Å². The second-order valence-corrected chi connectivity index (χ2v) is 2.01. The molecule has 7 heavy (non-hydrogen) atoms. The van der Waals surface area contributed by atoms with E-state index in [9.17, 15) is 0 Å². The molecule has 0 N–H and O–H groups in total. The number of rotatable bonds is 4. The zero-order valence-corrected chi connectivity index (χ0v) is 5.96. The Balaban J connectivity index is 2.45. The van der Waals surface area contributed by atoms with E-state index in [1.165, 1.54) is 0 Å². The normalized spacial score (nSPS) is 9.43. The van der Waals surface area contributed by atoms with Crippen LogP contribution >= 0.6 is 25.3 Å². The second kappa shape index (κ2) is 6.66. The van der Waals surface area contributed by atoms with Gasteiger partial charge in [0.15, 0.2) is 0 Å². The lowest BCUT2D eigenvalue weighted by Gasteiger charge is -1.91. The maximum atomic E-state index is 4.06. The third-order valence-corrected chi connectivity index (χ3v) is 0.916. The number of thiol groups is 2. The van der Waals surface area contributed by atoms with Crippen LogP contribution in [0.25, 0.3) is 0 Å². The zero-order valence-electron chi connectivity index (χ0n) is 4.17. The van der Waals surface area contributed by atoms with Crippen molar-refractivity contribution < 1.29 is 0 Å². The molecule has 43 valence electrons. The first-order valence-corrected chi connectivity index (χ1v) is 3.53. The SMILES string of the molecule is SCC[N]CCS. The van der Waals surface area contributed by atoms with Crippen molar-refractivity contribution in [2.45, 2.75) is 0 Å². The van der Waals surface area contributed by atoms with Gasteiger partial charge in [0.25, 0.3) is 0 Å². The Bertz CT molecular complexity index is 28.9. The zero-order chi connectivity index (χ0) is 5.54. The Labute approximate surface area is 55.7 Å². The van der Waals surface area contributed by atoms with E-state index < -0.39 is 0 Å². The van der Waals surface area contributed by atoms with Crippen LogP contribution in [0, 0.1) is 0 Å². The van der Waals surface area contributed by atoms with E-state index in [1.54, 1.807) is 0 Å². The summed E-state index contributed by atoms with van der Waals surface area (Å²) in [5.74, 6) is 1.71. The summed E-state index contributed by atoms with van der Waals surface area (Å²) in [6.07, 6.45) is 0. The van der Waals surface area contributed by atoms with Crippen molar-refractivity contribution in [1.29, 1.82) is 0 Å². The van der Waals surface area contributed by atoms with Crippen molar-refractivity contribution in [2.24, 2.45) is 0 Å². The summed E-state index contributed by atoms with van der Waals surface area (Å²) >= 11 is 7.95. The van der Waals surface area contributed by atoms with Gasteiger partial charge in [0.05, 0.1) is 0 Å². The van der Waals surface area contributed by atoms with E-state index in [0.29, 0.717) is 0 Å². The van der Waals surface area contributed by atoms with E-state index in [2.05, 4.69) is 30.6 Å². The lowest BCUT2D eigenvalue weighted by molar-refractivity contribution is 0.759. The Morgan fingerprint density at radius 3 is 1.71 bits per heavy atom. The molecule has 0 amide bonds. The molecule has 1 radical (unpaired) electrons. The van der Waals surface area contributed by atoms with Crippen LogP contribution in [-0.4, -0.2) is 24.6 Å². The molecule has 0 aromatic carbocycles. The van der Waals surface area contributed by atoms with E-state index in [4.69, 9.17) is 0 Å². The summed E-state index contributed by atoms with van der Waals surface area (Å²) in [5, 5.41) is 4.06. The summed E-state index contributed by atoms with van der Waals surface area (Å²) < 4.78 is 0. The van der Waals surface area contributed by atoms with Crippen molar-refractivity contribution in [2.75, 3.05) is 24.6 Å². The Hall–Kier alpha value is 0.660. The molecule has 0 aromatic rings. The van der Waals surface area contributed by atoms with Gasteiger partial charge in [-0.2, -0.15) is 25.3 Å². The molecule has 0 fully saturated rings. The monoisotopic (exact) mass is 136 g/mol. The molecule has 0 aliphatic carbocycles. The summed E-state index contributed by atoms with van der Waals surface area (Å²) in [7, 11) is 0. The van der Waals surface area contributed by atoms with E-state index in [1.807, 2.05) is 0 Å². The first-order valence-electron chi connectivity index (χ1n) is 2.26. The smallest absolute Gasteiger partial charge is 0.0222 e. The molecule has 0 aliphatic rings. The number of nitrogens with zero attached hydrogens (tertiary/aromatic N) is 1. The van der Waals surface area contributed by atoms with Crippen LogP contribution in [0.3, 0.4) is 0 Å². The van der Waals surface area contributed by atoms with Crippen LogP contribution in [0.2, 0.25) is 0 Å². The molecule has 0 saturated heterocycles. The van der Waals surface area contributed by atoms with Gasteiger partial charge >= 0.3 is 0 Å². The highest BCUT2D eigenvalue weighted by Crippen LogP contribution is 1.72. The largest absolute Gasteiger partial charge is 0.240 e. The minimum Gasteiger partial charge on any atom is -0.240 e. The quantitative estimate of drug-likeness (QED) is 0.412. The number of hydrogen-bond acceptors (Lipinski definition) is 2. The Morgan fingerprint density at radius 1 is 1.00 bits per heavy atom. The first kappa shape index (κ1) is 7.66. The van der Waals surface area contributed by atoms with Gasteiger partial charge in [-0.25, -0.2) is 5.32 Å². The molecule has 0 unspecified atom stereocenters. The molecule has 0 aromatic heterocycles. The fourth-order valence-corrected chi connectivity index (χ4v) is 0.536. The van der Waals surface area contributed by atoms with Gasteiger partial charge in [-0.05, 0) is 0 Å². The molecule has 0 rings (SSSR count). The highest BCUT2D eigenvalue weighted by atomic mass is 32.1. The topological polar surface area (TPSA) is 14.1 Å². The average molecular weight is 136 g/mol. The minimum absolute atomic E-state index is 0.855. The van der Waals surface area contributed by atoms with Crippen molar-refractivity contribution in [3.05, 3.63) is 0 Å². The maximum Gasteiger partial charge on any atom is 0.0222 e. The van der Waals surface area contributed by atoms with E-state index in [0.717, 1.165) is 24.6 Å². The van der Waals surface area contributed by atoms with Gasteiger partial charge in [-0.1, -0.05) is 0 Å². The average Bonchev–Trinajstić information content (AvgIpc) is 1.69.